The molecule has 120 valence electrons. The van der Waals surface area contributed by atoms with Crippen LogP contribution in [0.25, 0.3) is 0 Å². The van der Waals surface area contributed by atoms with E-state index in [0.29, 0.717) is 0 Å². The first-order valence-corrected chi connectivity index (χ1v) is 13.2. The summed E-state index contributed by atoms with van der Waals surface area (Å²) in [6, 6.07) is 1.98. The van der Waals surface area contributed by atoms with Gasteiger partial charge in [0.2, 0.25) is 0 Å². The van der Waals surface area contributed by atoms with E-state index in [1.54, 1.807) is 25.7 Å². The molecule has 7 atom stereocenters. The van der Waals surface area contributed by atoms with Gasteiger partial charge in [0, 0.05) is 12.1 Å². The molecule has 1 heterocycles. The number of nitrogens with zero attached hydrogens (tertiary/aromatic N) is 1. The average molecular weight is 306 g/mol. The third-order valence-corrected chi connectivity index (χ3v) is 9.73. The minimum Gasteiger partial charge on any atom is -0.318 e. The highest BCUT2D eigenvalue weighted by Gasteiger charge is 2.60. The molecule has 0 aromatic heterocycles. The highest BCUT2D eigenvalue weighted by molar-refractivity contribution is 6.73. The van der Waals surface area contributed by atoms with Crippen LogP contribution in [-0.2, 0) is 0 Å². The lowest BCUT2D eigenvalue weighted by molar-refractivity contribution is 0.143. The molecule has 7 unspecified atom stereocenters. The minimum absolute atomic E-state index is 0.978. The molecule has 4 fully saturated rings. The first-order valence-electron chi connectivity index (χ1n) is 9.75. The molecule has 4 aliphatic rings. The van der Waals surface area contributed by atoms with E-state index in [2.05, 4.69) is 31.1 Å². The summed E-state index contributed by atoms with van der Waals surface area (Å²) in [7, 11) is -1.18. The lowest BCUT2D eigenvalue weighted by Gasteiger charge is -2.46. The highest BCUT2D eigenvalue weighted by Crippen LogP contribution is 2.59. The molecule has 1 saturated heterocycles. The van der Waals surface area contributed by atoms with Gasteiger partial charge in [0.15, 0.2) is 0 Å². The van der Waals surface area contributed by atoms with Gasteiger partial charge in [0.25, 0.3) is 0 Å². The van der Waals surface area contributed by atoms with E-state index >= 15 is 0 Å². The molecular weight excluding hydrogens is 270 g/mol. The quantitative estimate of drug-likeness (QED) is 0.607. The molecule has 2 heteroatoms. The lowest BCUT2D eigenvalue weighted by atomic mass is 9.74. The van der Waals surface area contributed by atoms with E-state index in [4.69, 9.17) is 0 Å². The molecular formula is C19H35NSi. The van der Waals surface area contributed by atoms with E-state index in [-0.39, 0.29) is 0 Å². The number of hydrogen-bond donors (Lipinski definition) is 0. The van der Waals surface area contributed by atoms with Gasteiger partial charge in [0.05, 0.1) is 0 Å². The molecule has 0 aromatic rings. The second-order valence-electron chi connectivity index (χ2n) is 9.83. The Morgan fingerprint density at radius 3 is 2.33 bits per heavy atom. The number of hydrogen-bond acceptors (Lipinski definition) is 1. The Kier molecular flexibility index (Phi) is 3.58. The van der Waals surface area contributed by atoms with Crippen molar-refractivity contribution in [2.24, 2.45) is 29.6 Å². The van der Waals surface area contributed by atoms with Gasteiger partial charge in [-0.1, -0.05) is 45.8 Å². The smallest absolute Gasteiger partial charge is 0.119 e. The Hall–Kier alpha value is 0.177. The first kappa shape index (κ1) is 14.7. The van der Waals surface area contributed by atoms with Crippen molar-refractivity contribution in [1.82, 2.24) is 4.57 Å². The predicted molar refractivity (Wildman–Crippen MR) is 92.8 cm³/mol. The topological polar surface area (TPSA) is 3.24 Å². The lowest BCUT2D eigenvalue weighted by Crippen LogP contribution is -2.56. The fraction of sp³-hybridized carbons (Fsp3) is 1.00. The SMILES string of the molecule is CC1CCC2C(C1)C1CC3CCCCC3C1N2[Si](C)(C)C. The molecule has 0 bridgehead atoms. The largest absolute Gasteiger partial charge is 0.318 e. The van der Waals surface area contributed by atoms with Crippen molar-refractivity contribution >= 4 is 8.24 Å². The molecule has 1 nitrogen and oxygen atoms in total. The van der Waals surface area contributed by atoms with Gasteiger partial charge in [0.1, 0.15) is 8.24 Å². The maximum Gasteiger partial charge on any atom is 0.119 e. The summed E-state index contributed by atoms with van der Waals surface area (Å²) >= 11 is 0. The Morgan fingerprint density at radius 1 is 0.810 bits per heavy atom. The maximum atomic E-state index is 3.18. The second-order valence-corrected chi connectivity index (χ2v) is 14.7. The summed E-state index contributed by atoms with van der Waals surface area (Å²) in [6.45, 7) is 10.4. The zero-order chi connectivity index (χ0) is 14.8. The van der Waals surface area contributed by atoms with E-state index in [1.165, 1.54) is 25.7 Å². The molecule has 0 N–H and O–H groups in total. The van der Waals surface area contributed by atoms with Gasteiger partial charge in [-0.3, -0.25) is 0 Å². The number of fused-ring (bicyclic) bond motifs is 5. The summed E-state index contributed by atoms with van der Waals surface area (Å²) in [4.78, 5) is 0. The van der Waals surface area contributed by atoms with Crippen LogP contribution in [0, 0.1) is 29.6 Å². The summed E-state index contributed by atoms with van der Waals surface area (Å²) in [5.74, 6) is 5.33. The van der Waals surface area contributed by atoms with Crippen molar-refractivity contribution in [1.29, 1.82) is 0 Å². The van der Waals surface area contributed by atoms with E-state index < -0.39 is 8.24 Å². The molecule has 3 aliphatic carbocycles. The molecule has 0 amide bonds. The zero-order valence-corrected chi connectivity index (χ0v) is 15.6. The predicted octanol–water partition coefficient (Wildman–Crippen LogP) is 5.14. The maximum absolute atomic E-state index is 3.18. The summed E-state index contributed by atoms with van der Waals surface area (Å²) in [5.41, 5.74) is 0. The standard InChI is InChI=1S/C19H35NSi/c1-13-9-10-18-16(11-13)17-12-14-7-5-6-8-15(14)19(17)20(18)21(2,3)4/h13-19H,5-12H2,1-4H3. The molecule has 3 saturated carbocycles. The molecule has 4 rings (SSSR count). The Bertz CT molecular complexity index is 401. The normalized spacial score (nSPS) is 50.6. The van der Waals surface area contributed by atoms with Crippen LogP contribution in [0.15, 0.2) is 0 Å². The Labute approximate surface area is 133 Å². The van der Waals surface area contributed by atoms with Crippen LogP contribution in [0.5, 0.6) is 0 Å². The average Bonchev–Trinajstić information content (AvgIpc) is 2.92. The summed E-state index contributed by atoms with van der Waals surface area (Å²) in [6.07, 6.45) is 12.3. The van der Waals surface area contributed by atoms with Crippen LogP contribution >= 0.6 is 0 Å². The fourth-order valence-corrected chi connectivity index (χ4v) is 9.60. The van der Waals surface area contributed by atoms with Gasteiger partial charge in [-0.2, -0.15) is 0 Å². The molecule has 0 spiro atoms. The van der Waals surface area contributed by atoms with Crippen LogP contribution in [-0.4, -0.2) is 24.9 Å². The molecule has 1 aliphatic heterocycles. The third kappa shape index (κ3) is 2.27. The van der Waals surface area contributed by atoms with Crippen molar-refractivity contribution in [3.8, 4) is 0 Å². The Balaban J connectivity index is 1.68. The molecule has 0 aromatic carbocycles. The van der Waals surface area contributed by atoms with E-state index in [1.807, 2.05) is 0 Å². The van der Waals surface area contributed by atoms with Crippen molar-refractivity contribution in [2.75, 3.05) is 0 Å². The van der Waals surface area contributed by atoms with Crippen molar-refractivity contribution in [3.63, 3.8) is 0 Å². The first-order chi connectivity index (χ1) is 9.97. The van der Waals surface area contributed by atoms with E-state index in [0.717, 1.165) is 41.7 Å². The van der Waals surface area contributed by atoms with Crippen molar-refractivity contribution < 1.29 is 0 Å². The molecule has 0 radical (unpaired) electrons. The zero-order valence-electron chi connectivity index (χ0n) is 14.6. The highest BCUT2D eigenvalue weighted by atomic mass is 28.3. The fourth-order valence-electron chi connectivity index (χ4n) is 7.01. The van der Waals surface area contributed by atoms with Gasteiger partial charge in [-0.25, -0.2) is 0 Å². The van der Waals surface area contributed by atoms with Gasteiger partial charge >= 0.3 is 0 Å². The van der Waals surface area contributed by atoms with Gasteiger partial charge < -0.3 is 4.57 Å². The van der Waals surface area contributed by atoms with Gasteiger partial charge in [-0.15, -0.1) is 0 Å². The van der Waals surface area contributed by atoms with Gasteiger partial charge in [-0.05, 0) is 61.7 Å². The summed E-state index contributed by atoms with van der Waals surface area (Å²) < 4.78 is 3.18. The second kappa shape index (κ2) is 5.09. The summed E-state index contributed by atoms with van der Waals surface area (Å²) in [5, 5.41) is 0. The molecule has 21 heavy (non-hydrogen) atoms. The van der Waals surface area contributed by atoms with Crippen LogP contribution in [0.4, 0.5) is 0 Å². The third-order valence-electron chi connectivity index (χ3n) is 7.55. The number of rotatable bonds is 1. The van der Waals surface area contributed by atoms with Crippen LogP contribution in [0.2, 0.25) is 19.6 Å². The van der Waals surface area contributed by atoms with Crippen LogP contribution in [0.3, 0.4) is 0 Å². The van der Waals surface area contributed by atoms with Crippen molar-refractivity contribution in [2.45, 2.75) is 90.0 Å². The Morgan fingerprint density at radius 2 is 1.57 bits per heavy atom. The van der Waals surface area contributed by atoms with Crippen LogP contribution in [0.1, 0.15) is 58.3 Å². The monoisotopic (exact) mass is 305 g/mol. The van der Waals surface area contributed by atoms with Crippen molar-refractivity contribution in [3.05, 3.63) is 0 Å². The van der Waals surface area contributed by atoms with E-state index in [9.17, 15) is 0 Å². The van der Waals surface area contributed by atoms with Crippen LogP contribution < -0.4 is 0 Å². The minimum atomic E-state index is -1.18.